The largest absolute Gasteiger partial charge is 0.361 e. The highest BCUT2D eigenvalue weighted by atomic mass is 16.2. The molecule has 4 heteroatoms. The second kappa shape index (κ2) is 5.93. The lowest BCUT2D eigenvalue weighted by Gasteiger charge is -2.17. The number of H-pyrrole nitrogens is 1. The maximum atomic E-state index is 13.1. The third-order valence-electron chi connectivity index (χ3n) is 6.77. The summed E-state index contributed by atoms with van der Waals surface area (Å²) in [5, 5.41) is 2.18. The number of nitrogens with zero attached hydrogens (tertiary/aromatic N) is 1. The molecule has 1 N–H and O–H groups in total. The lowest BCUT2D eigenvalue weighted by atomic mass is 9.82. The maximum absolute atomic E-state index is 13.1. The number of nitrogens with one attached hydrogen (secondary N) is 1. The van der Waals surface area contributed by atoms with E-state index in [-0.39, 0.29) is 18.0 Å². The molecule has 0 amide bonds. The summed E-state index contributed by atoms with van der Waals surface area (Å²) in [6.07, 6.45) is 6.29. The minimum absolute atomic E-state index is 0.0280. The van der Waals surface area contributed by atoms with Gasteiger partial charge in [-0.3, -0.25) is 9.59 Å². The first-order chi connectivity index (χ1) is 14.1. The third-order valence-corrected chi connectivity index (χ3v) is 6.77. The number of aromatic nitrogens is 2. The first-order valence-corrected chi connectivity index (χ1v) is 10.4. The van der Waals surface area contributed by atoms with Gasteiger partial charge in [0.2, 0.25) is 0 Å². The van der Waals surface area contributed by atoms with Crippen molar-refractivity contribution in [3.63, 3.8) is 0 Å². The Hall–Kier alpha value is -3.14. The molecule has 4 aromatic rings. The molecule has 0 radical (unpaired) electrons. The molecule has 0 spiro atoms. The highest BCUT2D eigenvalue weighted by Gasteiger charge is 2.45. The average Bonchev–Trinajstić information content (AvgIpc) is 3.36. The van der Waals surface area contributed by atoms with E-state index in [0.29, 0.717) is 0 Å². The van der Waals surface area contributed by atoms with Gasteiger partial charge in [-0.05, 0) is 48.1 Å². The van der Waals surface area contributed by atoms with E-state index < -0.39 is 11.8 Å². The summed E-state index contributed by atoms with van der Waals surface area (Å²) in [7, 11) is 0. The summed E-state index contributed by atoms with van der Waals surface area (Å²) in [4.78, 5) is 29.4. The number of hydrogen-bond donors (Lipinski definition) is 1. The normalized spacial score (nSPS) is 21.6. The van der Waals surface area contributed by atoms with Crippen LogP contribution in [0.5, 0.6) is 0 Å². The topological polar surface area (TPSA) is 54.9 Å². The van der Waals surface area contributed by atoms with Gasteiger partial charge in [0, 0.05) is 35.2 Å². The smallest absolute Gasteiger partial charge is 0.148 e. The first-order valence-electron chi connectivity index (χ1n) is 10.4. The Balaban J connectivity index is 1.57. The highest BCUT2D eigenvalue weighted by Crippen LogP contribution is 2.46. The molecule has 0 unspecified atom stereocenters. The molecule has 1 aliphatic heterocycles. The van der Waals surface area contributed by atoms with Crippen molar-refractivity contribution in [2.45, 2.75) is 44.6 Å². The standard InChI is InChI=1S/C25H22N2O2/c1-14-7-8-16-18(12-26-20(16)10-14)23-21(28)11-22(29)24(23)19-13-27-9-3-5-15-4-2-6-17(19)25(15)27/h2,4,6-8,10,12-13,23-24,26H,3,5,9,11H2,1H3/t23-,24-/m1/s1. The first kappa shape index (κ1) is 16.8. The second-order valence-corrected chi connectivity index (χ2v) is 8.55. The third kappa shape index (κ3) is 2.32. The fraction of sp³-hybridized carbons (Fsp3) is 0.280. The summed E-state index contributed by atoms with van der Waals surface area (Å²) >= 11 is 0. The van der Waals surface area contributed by atoms with Crippen LogP contribution in [0.1, 0.15) is 46.9 Å². The Morgan fingerprint density at radius 1 is 1.00 bits per heavy atom. The molecule has 1 saturated carbocycles. The molecule has 3 heterocycles. The Bertz CT molecular complexity index is 1320. The van der Waals surface area contributed by atoms with Gasteiger partial charge in [-0.15, -0.1) is 0 Å². The summed E-state index contributed by atoms with van der Waals surface area (Å²) in [5.74, 6) is -0.735. The van der Waals surface area contributed by atoms with Crippen LogP contribution in [0.4, 0.5) is 0 Å². The van der Waals surface area contributed by atoms with Crippen LogP contribution in [0.3, 0.4) is 0 Å². The van der Waals surface area contributed by atoms with Gasteiger partial charge < -0.3 is 9.55 Å². The van der Waals surface area contributed by atoms with E-state index in [1.54, 1.807) is 0 Å². The van der Waals surface area contributed by atoms with Gasteiger partial charge in [-0.25, -0.2) is 0 Å². The molecule has 1 aliphatic carbocycles. The van der Waals surface area contributed by atoms with E-state index in [0.717, 1.165) is 46.8 Å². The maximum Gasteiger partial charge on any atom is 0.148 e. The number of rotatable bonds is 2. The fourth-order valence-electron chi connectivity index (χ4n) is 5.52. The number of fused-ring (bicyclic) bond motifs is 1. The molecule has 6 rings (SSSR count). The van der Waals surface area contributed by atoms with Crippen molar-refractivity contribution in [2.24, 2.45) is 0 Å². The van der Waals surface area contributed by atoms with Crippen LogP contribution >= 0.6 is 0 Å². The molecule has 0 bridgehead atoms. The lowest BCUT2D eigenvalue weighted by Crippen LogP contribution is -2.14. The van der Waals surface area contributed by atoms with Gasteiger partial charge in [0.25, 0.3) is 0 Å². The van der Waals surface area contributed by atoms with Crippen LogP contribution in [-0.4, -0.2) is 21.1 Å². The number of carbonyl (C=O) groups is 2. The van der Waals surface area contributed by atoms with Crippen LogP contribution in [0.2, 0.25) is 0 Å². The molecule has 2 aromatic carbocycles. The molecule has 144 valence electrons. The van der Waals surface area contributed by atoms with Gasteiger partial charge in [0.1, 0.15) is 11.6 Å². The summed E-state index contributed by atoms with van der Waals surface area (Å²) in [5.41, 5.74) is 6.75. The van der Waals surface area contributed by atoms with Crippen molar-refractivity contribution < 1.29 is 9.59 Å². The second-order valence-electron chi connectivity index (χ2n) is 8.55. The van der Waals surface area contributed by atoms with E-state index in [9.17, 15) is 9.59 Å². The van der Waals surface area contributed by atoms with Crippen LogP contribution in [0, 0.1) is 6.92 Å². The van der Waals surface area contributed by atoms with Gasteiger partial charge >= 0.3 is 0 Å². The number of carbonyl (C=O) groups excluding carboxylic acids is 2. The van der Waals surface area contributed by atoms with Crippen molar-refractivity contribution in [3.05, 3.63) is 71.0 Å². The van der Waals surface area contributed by atoms with Gasteiger partial charge in [-0.1, -0.05) is 30.3 Å². The van der Waals surface area contributed by atoms with E-state index in [2.05, 4.69) is 59.1 Å². The van der Waals surface area contributed by atoms with E-state index in [1.807, 2.05) is 6.20 Å². The molecular formula is C25H22N2O2. The SMILES string of the molecule is Cc1ccc2c([C@@H]3C(=O)CC(=O)[C@H]3c3cn4c5c(cccc35)CCC4)c[nH]c2c1. The van der Waals surface area contributed by atoms with Crippen LogP contribution < -0.4 is 0 Å². The average molecular weight is 382 g/mol. The number of aryl methyl sites for hydroxylation is 3. The minimum Gasteiger partial charge on any atom is -0.361 e. The molecule has 2 atom stereocenters. The van der Waals surface area contributed by atoms with Crippen LogP contribution in [0.15, 0.2) is 48.8 Å². The monoisotopic (exact) mass is 382 g/mol. The molecule has 1 fully saturated rings. The molecule has 2 aromatic heterocycles. The van der Waals surface area contributed by atoms with Gasteiger partial charge in [0.05, 0.1) is 23.8 Å². The van der Waals surface area contributed by atoms with E-state index >= 15 is 0 Å². The molecule has 29 heavy (non-hydrogen) atoms. The summed E-state index contributed by atoms with van der Waals surface area (Å²) < 4.78 is 2.29. The van der Waals surface area contributed by atoms with Crippen molar-refractivity contribution in [1.29, 1.82) is 0 Å². The molecule has 0 saturated heterocycles. The van der Waals surface area contributed by atoms with Gasteiger partial charge in [-0.2, -0.15) is 0 Å². The zero-order valence-electron chi connectivity index (χ0n) is 16.4. The van der Waals surface area contributed by atoms with Gasteiger partial charge in [0.15, 0.2) is 0 Å². The summed E-state index contributed by atoms with van der Waals surface area (Å²) in [6, 6.07) is 12.6. The quantitative estimate of drug-likeness (QED) is 0.507. The van der Waals surface area contributed by atoms with Crippen molar-refractivity contribution in [1.82, 2.24) is 9.55 Å². The van der Waals surface area contributed by atoms with Crippen LogP contribution in [-0.2, 0) is 22.6 Å². The number of Topliss-reactive ketones (excluding diaryl/α,β-unsaturated/α-hetero) is 2. The number of aromatic amines is 1. The number of ketones is 2. The zero-order chi connectivity index (χ0) is 19.7. The van der Waals surface area contributed by atoms with Crippen molar-refractivity contribution in [2.75, 3.05) is 0 Å². The molecule has 2 aliphatic rings. The van der Waals surface area contributed by atoms with Crippen LogP contribution in [0.25, 0.3) is 21.8 Å². The van der Waals surface area contributed by atoms with Crippen molar-refractivity contribution in [3.8, 4) is 0 Å². The Morgan fingerprint density at radius 3 is 2.69 bits per heavy atom. The Labute approximate surface area is 168 Å². The Morgan fingerprint density at radius 2 is 1.83 bits per heavy atom. The molecular weight excluding hydrogens is 360 g/mol. The number of para-hydroxylation sites is 1. The fourth-order valence-corrected chi connectivity index (χ4v) is 5.52. The van der Waals surface area contributed by atoms with E-state index in [4.69, 9.17) is 0 Å². The zero-order valence-corrected chi connectivity index (χ0v) is 16.4. The predicted molar refractivity (Wildman–Crippen MR) is 113 cm³/mol. The van der Waals surface area contributed by atoms with Crippen molar-refractivity contribution >= 4 is 33.4 Å². The number of hydrogen-bond acceptors (Lipinski definition) is 2. The Kier molecular flexibility index (Phi) is 3.43. The lowest BCUT2D eigenvalue weighted by molar-refractivity contribution is -0.122. The number of benzene rings is 2. The predicted octanol–water partition coefficient (Wildman–Crippen LogP) is 4.79. The van der Waals surface area contributed by atoms with E-state index in [1.165, 1.54) is 16.6 Å². The summed E-state index contributed by atoms with van der Waals surface area (Å²) in [6.45, 7) is 3.03. The molecule has 4 nitrogen and oxygen atoms in total. The minimum atomic E-state index is -0.414. The highest BCUT2D eigenvalue weighted by molar-refractivity contribution is 6.15.